The van der Waals surface area contributed by atoms with Crippen LogP contribution < -0.4 is 11.1 Å². The molecule has 1 aromatic rings. The van der Waals surface area contributed by atoms with Gasteiger partial charge in [-0.1, -0.05) is 44.4 Å². The Balaban J connectivity index is 1.95. The van der Waals surface area contributed by atoms with Crippen LogP contribution in [0.4, 0.5) is 5.69 Å². The second-order valence-corrected chi connectivity index (χ2v) is 4.79. The van der Waals surface area contributed by atoms with Crippen molar-refractivity contribution in [2.75, 3.05) is 5.32 Å². The van der Waals surface area contributed by atoms with E-state index in [1.54, 1.807) is 0 Å². The Morgan fingerprint density at radius 2 is 2.00 bits per heavy atom. The van der Waals surface area contributed by atoms with Crippen LogP contribution in [0, 0.1) is 0 Å². The van der Waals surface area contributed by atoms with E-state index in [-0.39, 0.29) is 0 Å². The summed E-state index contributed by atoms with van der Waals surface area (Å²) in [5, 5.41) is 3.31. The summed E-state index contributed by atoms with van der Waals surface area (Å²) < 4.78 is 0. The minimum Gasteiger partial charge on any atom is -0.385 e. The van der Waals surface area contributed by atoms with Gasteiger partial charge >= 0.3 is 0 Å². The molecule has 1 heterocycles. The van der Waals surface area contributed by atoms with Crippen molar-refractivity contribution in [3.05, 3.63) is 41.2 Å². The molecule has 2 rings (SSSR count). The normalized spacial score (nSPS) is 14.4. The van der Waals surface area contributed by atoms with Crippen molar-refractivity contribution >= 4 is 5.69 Å². The highest BCUT2D eigenvalue weighted by atomic mass is 15.0. The maximum atomic E-state index is 6.08. The first-order valence-corrected chi connectivity index (χ1v) is 6.63. The Bertz CT molecular complexity index is 407. The van der Waals surface area contributed by atoms with Gasteiger partial charge in [0.2, 0.25) is 0 Å². The molecule has 1 aliphatic heterocycles. The minimum absolute atomic E-state index is 0.875. The summed E-state index contributed by atoms with van der Waals surface area (Å²) in [6.45, 7) is 2.24. The average Bonchev–Trinajstić information content (AvgIpc) is 2.35. The molecule has 0 radical (unpaired) electrons. The summed E-state index contributed by atoms with van der Waals surface area (Å²) in [6.07, 6.45) is 7.34. The van der Waals surface area contributed by atoms with E-state index in [1.165, 1.54) is 42.5 Å². The lowest BCUT2D eigenvalue weighted by atomic mass is 9.95. The molecule has 0 aromatic heterocycles. The highest BCUT2D eigenvalue weighted by molar-refractivity contribution is 5.59. The van der Waals surface area contributed by atoms with Crippen molar-refractivity contribution in [2.45, 2.75) is 45.4 Å². The number of anilines is 1. The van der Waals surface area contributed by atoms with Crippen LogP contribution in [0.1, 0.15) is 44.6 Å². The molecule has 0 bridgehead atoms. The second-order valence-electron chi connectivity index (χ2n) is 4.79. The zero-order chi connectivity index (χ0) is 12.1. The lowest BCUT2D eigenvalue weighted by Gasteiger charge is -2.22. The molecule has 92 valence electrons. The van der Waals surface area contributed by atoms with Gasteiger partial charge in [-0.05, 0) is 36.5 Å². The third kappa shape index (κ3) is 3.02. The standard InChI is InChI=1S/C15H22N2/c1-2-3-4-5-9-13-11-12-8-6-7-10-14(12)17-15(13)16/h6-8,10,17H,2-5,9,11,16H2,1H3. The number of unbranched alkanes of at least 4 members (excludes halogenated alkanes) is 3. The second kappa shape index (κ2) is 5.76. The lowest BCUT2D eigenvalue weighted by Crippen LogP contribution is -2.19. The van der Waals surface area contributed by atoms with Gasteiger partial charge in [-0.15, -0.1) is 0 Å². The molecule has 0 unspecified atom stereocenters. The summed E-state index contributed by atoms with van der Waals surface area (Å²) in [5.41, 5.74) is 9.99. The number of hydrogen-bond donors (Lipinski definition) is 2. The largest absolute Gasteiger partial charge is 0.385 e. The quantitative estimate of drug-likeness (QED) is 0.755. The predicted octanol–water partition coefficient (Wildman–Crippen LogP) is 3.80. The molecule has 17 heavy (non-hydrogen) atoms. The van der Waals surface area contributed by atoms with Crippen molar-refractivity contribution in [1.82, 2.24) is 0 Å². The summed E-state index contributed by atoms with van der Waals surface area (Å²) in [5.74, 6) is 0.875. The van der Waals surface area contributed by atoms with Gasteiger partial charge in [0.1, 0.15) is 0 Å². The number of allylic oxidation sites excluding steroid dienone is 1. The third-order valence-corrected chi connectivity index (χ3v) is 3.40. The number of hydrogen-bond acceptors (Lipinski definition) is 2. The van der Waals surface area contributed by atoms with Crippen molar-refractivity contribution in [3.8, 4) is 0 Å². The Labute approximate surface area is 104 Å². The van der Waals surface area contributed by atoms with Crippen molar-refractivity contribution in [2.24, 2.45) is 5.73 Å². The zero-order valence-corrected chi connectivity index (χ0v) is 10.6. The molecule has 0 fully saturated rings. The third-order valence-electron chi connectivity index (χ3n) is 3.40. The van der Waals surface area contributed by atoms with Crippen molar-refractivity contribution in [1.29, 1.82) is 0 Å². The minimum atomic E-state index is 0.875. The Kier molecular flexibility index (Phi) is 4.08. The lowest BCUT2D eigenvalue weighted by molar-refractivity contribution is 0.655. The first-order chi connectivity index (χ1) is 8.31. The number of rotatable bonds is 5. The van der Waals surface area contributed by atoms with Crippen LogP contribution in [0.15, 0.2) is 35.7 Å². The maximum absolute atomic E-state index is 6.08. The van der Waals surface area contributed by atoms with E-state index >= 15 is 0 Å². The fourth-order valence-electron chi connectivity index (χ4n) is 2.34. The van der Waals surface area contributed by atoms with Gasteiger partial charge in [0.05, 0.1) is 5.82 Å². The van der Waals surface area contributed by atoms with Crippen LogP contribution >= 0.6 is 0 Å². The van der Waals surface area contributed by atoms with E-state index in [1.807, 2.05) is 6.07 Å². The van der Waals surface area contributed by atoms with Gasteiger partial charge in [0.25, 0.3) is 0 Å². The molecule has 0 saturated carbocycles. The van der Waals surface area contributed by atoms with Gasteiger partial charge in [-0.2, -0.15) is 0 Å². The molecule has 0 atom stereocenters. The summed E-state index contributed by atoms with van der Waals surface area (Å²) in [4.78, 5) is 0. The molecule has 0 amide bonds. The van der Waals surface area contributed by atoms with Gasteiger partial charge in [0, 0.05) is 5.69 Å². The molecule has 1 aromatic carbocycles. The van der Waals surface area contributed by atoms with Crippen LogP contribution in [0.3, 0.4) is 0 Å². The van der Waals surface area contributed by atoms with Crippen LogP contribution in [0.25, 0.3) is 0 Å². The first kappa shape index (κ1) is 12.0. The van der Waals surface area contributed by atoms with Crippen LogP contribution in [-0.4, -0.2) is 0 Å². The van der Waals surface area contributed by atoms with E-state index in [9.17, 15) is 0 Å². The van der Waals surface area contributed by atoms with Gasteiger partial charge in [-0.3, -0.25) is 0 Å². The zero-order valence-electron chi connectivity index (χ0n) is 10.6. The van der Waals surface area contributed by atoms with E-state index in [4.69, 9.17) is 5.73 Å². The average molecular weight is 230 g/mol. The fourth-order valence-corrected chi connectivity index (χ4v) is 2.34. The van der Waals surface area contributed by atoms with Gasteiger partial charge < -0.3 is 11.1 Å². The molecule has 1 aliphatic rings. The molecule has 0 saturated heterocycles. The first-order valence-electron chi connectivity index (χ1n) is 6.63. The predicted molar refractivity (Wildman–Crippen MR) is 73.7 cm³/mol. The monoisotopic (exact) mass is 230 g/mol. The summed E-state index contributed by atoms with van der Waals surface area (Å²) in [7, 11) is 0. The highest BCUT2D eigenvalue weighted by Crippen LogP contribution is 2.28. The number of nitrogens with one attached hydrogen (secondary N) is 1. The molecular weight excluding hydrogens is 208 g/mol. The van der Waals surface area contributed by atoms with Crippen LogP contribution in [0.2, 0.25) is 0 Å². The summed E-state index contributed by atoms with van der Waals surface area (Å²) in [6, 6.07) is 8.42. The molecular formula is C15H22N2. The van der Waals surface area contributed by atoms with E-state index in [0.29, 0.717) is 0 Å². The molecule has 0 aliphatic carbocycles. The van der Waals surface area contributed by atoms with Crippen LogP contribution in [-0.2, 0) is 6.42 Å². The highest BCUT2D eigenvalue weighted by Gasteiger charge is 2.14. The van der Waals surface area contributed by atoms with Gasteiger partial charge in [0.15, 0.2) is 0 Å². The molecule has 3 N–H and O–H groups in total. The number of fused-ring (bicyclic) bond motifs is 1. The SMILES string of the molecule is CCCCCCC1=C(N)Nc2ccccc2C1. The van der Waals surface area contributed by atoms with E-state index in [2.05, 4.69) is 30.4 Å². The molecule has 2 nitrogen and oxygen atoms in total. The molecule has 2 heteroatoms. The van der Waals surface area contributed by atoms with Gasteiger partial charge in [-0.25, -0.2) is 0 Å². The number of nitrogens with two attached hydrogens (primary N) is 1. The maximum Gasteiger partial charge on any atom is 0.0999 e. The van der Waals surface area contributed by atoms with Crippen molar-refractivity contribution < 1.29 is 0 Å². The number of para-hydroxylation sites is 1. The number of benzene rings is 1. The van der Waals surface area contributed by atoms with Crippen molar-refractivity contribution in [3.63, 3.8) is 0 Å². The fraction of sp³-hybridized carbons (Fsp3) is 0.467. The van der Waals surface area contributed by atoms with Crippen LogP contribution in [0.5, 0.6) is 0 Å². The van der Waals surface area contributed by atoms with E-state index in [0.717, 1.165) is 18.7 Å². The topological polar surface area (TPSA) is 38.0 Å². The Morgan fingerprint density at radius 1 is 1.18 bits per heavy atom. The van der Waals surface area contributed by atoms with E-state index < -0.39 is 0 Å². The Hall–Kier alpha value is -1.44. The molecule has 0 spiro atoms. The smallest absolute Gasteiger partial charge is 0.0999 e. The summed E-state index contributed by atoms with van der Waals surface area (Å²) >= 11 is 0. The Morgan fingerprint density at radius 3 is 2.82 bits per heavy atom.